The Bertz CT molecular complexity index is 514. The van der Waals surface area contributed by atoms with Crippen molar-refractivity contribution in [2.24, 2.45) is 4.99 Å². The SMILES string of the molecule is O=C(Cc1ccc(OC(F)(F)F)cc1)NC1=NCCS1. The molecule has 0 saturated heterocycles. The van der Waals surface area contributed by atoms with Gasteiger partial charge in [-0.25, -0.2) is 0 Å². The lowest BCUT2D eigenvalue weighted by molar-refractivity contribution is -0.274. The Hall–Kier alpha value is -1.70. The molecule has 8 heteroatoms. The Morgan fingerprint density at radius 3 is 2.60 bits per heavy atom. The van der Waals surface area contributed by atoms with E-state index in [2.05, 4.69) is 15.0 Å². The van der Waals surface area contributed by atoms with Crippen molar-refractivity contribution in [3.63, 3.8) is 0 Å². The molecule has 1 amide bonds. The van der Waals surface area contributed by atoms with Crippen LogP contribution in [0.25, 0.3) is 0 Å². The van der Waals surface area contributed by atoms with E-state index >= 15 is 0 Å². The summed E-state index contributed by atoms with van der Waals surface area (Å²) in [7, 11) is 0. The van der Waals surface area contributed by atoms with E-state index in [1.807, 2.05) is 0 Å². The molecule has 0 bridgehead atoms. The molecule has 108 valence electrons. The average Bonchev–Trinajstić information content (AvgIpc) is 2.82. The predicted octanol–water partition coefficient (Wildman–Crippen LogP) is 2.35. The molecule has 1 aromatic rings. The Morgan fingerprint density at radius 2 is 2.05 bits per heavy atom. The van der Waals surface area contributed by atoms with Crippen molar-refractivity contribution in [1.29, 1.82) is 0 Å². The minimum Gasteiger partial charge on any atom is -0.406 e. The summed E-state index contributed by atoms with van der Waals surface area (Å²) in [6.45, 7) is 0.684. The highest BCUT2D eigenvalue weighted by Gasteiger charge is 2.30. The van der Waals surface area contributed by atoms with Gasteiger partial charge in [0.15, 0.2) is 5.17 Å². The minimum atomic E-state index is -4.71. The molecule has 0 atom stereocenters. The van der Waals surface area contributed by atoms with Crippen LogP contribution >= 0.6 is 11.8 Å². The van der Waals surface area contributed by atoms with Gasteiger partial charge in [-0.3, -0.25) is 9.79 Å². The highest BCUT2D eigenvalue weighted by molar-refractivity contribution is 8.14. The van der Waals surface area contributed by atoms with E-state index < -0.39 is 6.36 Å². The van der Waals surface area contributed by atoms with Gasteiger partial charge in [-0.05, 0) is 17.7 Å². The summed E-state index contributed by atoms with van der Waals surface area (Å²) < 4.78 is 39.7. The van der Waals surface area contributed by atoms with Crippen LogP contribution in [0.4, 0.5) is 13.2 Å². The fourth-order valence-electron chi connectivity index (χ4n) is 1.57. The number of hydrogen-bond acceptors (Lipinski definition) is 4. The summed E-state index contributed by atoms with van der Waals surface area (Å²) in [4.78, 5) is 15.7. The van der Waals surface area contributed by atoms with Crippen LogP contribution in [-0.4, -0.2) is 29.7 Å². The highest BCUT2D eigenvalue weighted by atomic mass is 32.2. The van der Waals surface area contributed by atoms with Crippen LogP contribution in [0.3, 0.4) is 0 Å². The first-order valence-corrected chi connectivity index (χ1v) is 6.73. The average molecular weight is 304 g/mol. The van der Waals surface area contributed by atoms with Gasteiger partial charge >= 0.3 is 6.36 Å². The smallest absolute Gasteiger partial charge is 0.406 e. The van der Waals surface area contributed by atoms with E-state index in [0.717, 1.165) is 5.75 Å². The number of nitrogens with zero attached hydrogens (tertiary/aromatic N) is 1. The van der Waals surface area contributed by atoms with Gasteiger partial charge in [0.05, 0.1) is 13.0 Å². The summed E-state index contributed by atoms with van der Waals surface area (Å²) in [5, 5.41) is 3.23. The number of amides is 1. The van der Waals surface area contributed by atoms with Crippen LogP contribution in [0.1, 0.15) is 5.56 Å². The highest BCUT2D eigenvalue weighted by Crippen LogP contribution is 2.22. The van der Waals surface area contributed by atoms with E-state index in [9.17, 15) is 18.0 Å². The molecule has 1 aliphatic heterocycles. The molecule has 1 aliphatic rings. The number of rotatable bonds is 3. The molecule has 0 spiro atoms. The third kappa shape index (κ3) is 4.76. The summed E-state index contributed by atoms with van der Waals surface area (Å²) in [6.07, 6.45) is -4.64. The van der Waals surface area contributed by atoms with E-state index in [4.69, 9.17) is 0 Å². The zero-order valence-electron chi connectivity index (χ0n) is 10.2. The second-order valence-corrected chi connectivity index (χ2v) is 5.04. The minimum absolute atomic E-state index is 0.0753. The lowest BCUT2D eigenvalue weighted by Gasteiger charge is -2.09. The van der Waals surface area contributed by atoms with Crippen LogP contribution < -0.4 is 10.1 Å². The second kappa shape index (κ2) is 6.17. The van der Waals surface area contributed by atoms with Crippen molar-refractivity contribution in [3.8, 4) is 5.75 Å². The van der Waals surface area contributed by atoms with E-state index in [1.165, 1.54) is 36.0 Å². The number of carbonyl (C=O) groups is 1. The Balaban J connectivity index is 1.88. The molecule has 4 nitrogen and oxygen atoms in total. The Morgan fingerprint density at radius 1 is 1.35 bits per heavy atom. The second-order valence-electron chi connectivity index (χ2n) is 3.95. The summed E-state index contributed by atoms with van der Waals surface area (Å²) >= 11 is 1.46. The molecule has 0 aromatic heterocycles. The molecular formula is C12H11F3N2O2S. The molecule has 1 N–H and O–H groups in total. The van der Waals surface area contributed by atoms with Crippen LogP contribution in [-0.2, 0) is 11.2 Å². The third-order valence-corrected chi connectivity index (χ3v) is 3.24. The first-order valence-electron chi connectivity index (χ1n) is 5.74. The molecule has 20 heavy (non-hydrogen) atoms. The van der Waals surface area contributed by atoms with Gasteiger partial charge in [0.2, 0.25) is 5.91 Å². The number of nitrogens with one attached hydrogen (secondary N) is 1. The molecule has 0 radical (unpaired) electrons. The zero-order valence-corrected chi connectivity index (χ0v) is 11.1. The topological polar surface area (TPSA) is 50.7 Å². The van der Waals surface area contributed by atoms with Gasteiger partial charge in [-0.2, -0.15) is 0 Å². The van der Waals surface area contributed by atoms with Gasteiger partial charge in [-0.1, -0.05) is 23.9 Å². The van der Waals surface area contributed by atoms with Crippen molar-refractivity contribution < 1.29 is 22.7 Å². The first kappa shape index (κ1) is 14.7. The molecule has 0 unspecified atom stereocenters. The van der Waals surface area contributed by atoms with Crippen molar-refractivity contribution in [2.75, 3.05) is 12.3 Å². The number of amidine groups is 1. The van der Waals surface area contributed by atoms with Gasteiger partial charge in [0.25, 0.3) is 0 Å². The number of thioether (sulfide) groups is 1. The van der Waals surface area contributed by atoms with Crippen LogP contribution in [0.2, 0.25) is 0 Å². The van der Waals surface area contributed by atoms with E-state index in [0.29, 0.717) is 17.3 Å². The van der Waals surface area contributed by atoms with E-state index in [-0.39, 0.29) is 18.1 Å². The fourth-order valence-corrected chi connectivity index (χ4v) is 2.31. The number of hydrogen-bond donors (Lipinski definition) is 1. The summed E-state index contributed by atoms with van der Waals surface area (Å²) in [5.41, 5.74) is 0.598. The molecular weight excluding hydrogens is 293 g/mol. The lowest BCUT2D eigenvalue weighted by Crippen LogP contribution is -2.28. The maximum Gasteiger partial charge on any atom is 0.573 e. The van der Waals surface area contributed by atoms with Gasteiger partial charge in [-0.15, -0.1) is 13.2 Å². The summed E-state index contributed by atoms with van der Waals surface area (Å²) in [6, 6.07) is 5.20. The van der Waals surface area contributed by atoms with Gasteiger partial charge in [0.1, 0.15) is 5.75 Å². The Kier molecular flexibility index (Phi) is 4.53. The maximum absolute atomic E-state index is 12.0. The van der Waals surface area contributed by atoms with Crippen molar-refractivity contribution >= 4 is 22.8 Å². The number of carbonyl (C=O) groups excluding carboxylic acids is 1. The number of aliphatic imine (C=N–C) groups is 1. The van der Waals surface area contributed by atoms with Crippen molar-refractivity contribution in [1.82, 2.24) is 5.32 Å². The fraction of sp³-hybridized carbons (Fsp3) is 0.333. The normalized spacial score (nSPS) is 14.8. The number of benzene rings is 1. The number of ether oxygens (including phenoxy) is 1. The van der Waals surface area contributed by atoms with Gasteiger partial charge < -0.3 is 10.1 Å². The molecule has 1 aromatic carbocycles. The first-order chi connectivity index (χ1) is 9.42. The molecule has 1 heterocycles. The third-order valence-electron chi connectivity index (χ3n) is 2.35. The predicted molar refractivity (Wildman–Crippen MR) is 69.7 cm³/mol. The monoisotopic (exact) mass is 304 g/mol. The van der Waals surface area contributed by atoms with Crippen LogP contribution in [0, 0.1) is 0 Å². The summed E-state index contributed by atoms with van der Waals surface area (Å²) in [5.74, 6) is 0.291. The Labute approximate surface area is 117 Å². The lowest BCUT2D eigenvalue weighted by atomic mass is 10.1. The standard InChI is InChI=1S/C12H11F3N2O2S/c13-12(14,15)19-9-3-1-8(2-4-9)7-10(18)17-11-16-5-6-20-11/h1-4H,5-7H2,(H,16,17,18). The van der Waals surface area contributed by atoms with Crippen LogP contribution in [0.15, 0.2) is 29.3 Å². The van der Waals surface area contributed by atoms with E-state index in [1.54, 1.807) is 0 Å². The van der Waals surface area contributed by atoms with Crippen LogP contribution in [0.5, 0.6) is 5.75 Å². The van der Waals surface area contributed by atoms with Crippen molar-refractivity contribution in [2.45, 2.75) is 12.8 Å². The van der Waals surface area contributed by atoms with Crippen molar-refractivity contribution in [3.05, 3.63) is 29.8 Å². The largest absolute Gasteiger partial charge is 0.573 e. The zero-order chi connectivity index (χ0) is 14.6. The number of alkyl halides is 3. The molecule has 0 aliphatic carbocycles. The number of halogens is 3. The van der Waals surface area contributed by atoms with Gasteiger partial charge in [0, 0.05) is 5.75 Å². The molecule has 0 fully saturated rings. The molecule has 2 rings (SSSR count). The quantitative estimate of drug-likeness (QED) is 0.932. The molecule has 0 saturated carbocycles. The maximum atomic E-state index is 12.0.